The van der Waals surface area contributed by atoms with E-state index in [0.717, 1.165) is 29.9 Å². The molecule has 0 spiro atoms. The third kappa shape index (κ3) is 5.32. The lowest BCUT2D eigenvalue weighted by atomic mass is 9.89. The zero-order valence-corrected chi connectivity index (χ0v) is 16.7. The lowest BCUT2D eigenvalue weighted by Crippen LogP contribution is -2.21. The van der Waals surface area contributed by atoms with E-state index in [0.29, 0.717) is 23.9 Å². The third-order valence-corrected chi connectivity index (χ3v) is 4.29. The van der Waals surface area contributed by atoms with Gasteiger partial charge in [0.1, 0.15) is 17.2 Å². The second-order valence-corrected chi connectivity index (χ2v) is 7.25. The highest BCUT2D eigenvalue weighted by Crippen LogP contribution is 2.35. The van der Waals surface area contributed by atoms with Crippen LogP contribution in [0.4, 0.5) is 0 Å². The van der Waals surface area contributed by atoms with Crippen LogP contribution in [0.1, 0.15) is 39.2 Å². The van der Waals surface area contributed by atoms with E-state index < -0.39 is 0 Å². The molecule has 0 fully saturated rings. The minimum absolute atomic E-state index is 0.178. The van der Waals surface area contributed by atoms with Crippen molar-refractivity contribution in [3.8, 4) is 28.7 Å². The average Bonchev–Trinajstić information content (AvgIpc) is 2.62. The van der Waals surface area contributed by atoms with Gasteiger partial charge in [0, 0.05) is 6.07 Å². The van der Waals surface area contributed by atoms with Gasteiger partial charge in [-0.1, -0.05) is 27.2 Å². The predicted molar refractivity (Wildman–Crippen MR) is 105 cm³/mol. The zero-order chi connectivity index (χ0) is 19.2. The molecule has 2 aromatic carbocycles. The van der Waals surface area contributed by atoms with E-state index in [2.05, 4.69) is 20.8 Å². The van der Waals surface area contributed by atoms with Crippen LogP contribution >= 0.6 is 0 Å². The van der Waals surface area contributed by atoms with Crippen molar-refractivity contribution in [3.63, 3.8) is 0 Å². The van der Waals surface area contributed by atoms with Gasteiger partial charge in [-0.3, -0.25) is 0 Å². The summed E-state index contributed by atoms with van der Waals surface area (Å²) in [6.07, 6.45) is 2.31. The monoisotopic (exact) mass is 358 g/mol. The van der Waals surface area contributed by atoms with Gasteiger partial charge in [0.2, 0.25) is 0 Å². The van der Waals surface area contributed by atoms with Gasteiger partial charge >= 0.3 is 0 Å². The van der Waals surface area contributed by atoms with Crippen molar-refractivity contribution in [2.24, 2.45) is 5.41 Å². The molecule has 4 nitrogen and oxygen atoms in total. The van der Waals surface area contributed by atoms with E-state index in [-0.39, 0.29) is 5.41 Å². The second-order valence-electron chi connectivity index (χ2n) is 7.25. The molecular formula is C22H30O4. The largest absolute Gasteiger partial charge is 0.493 e. The molecule has 0 aliphatic rings. The van der Waals surface area contributed by atoms with Crippen LogP contribution in [0.3, 0.4) is 0 Å². The van der Waals surface area contributed by atoms with Crippen molar-refractivity contribution in [1.82, 2.24) is 0 Å². The third-order valence-electron chi connectivity index (χ3n) is 4.29. The molecule has 0 atom stereocenters. The van der Waals surface area contributed by atoms with Gasteiger partial charge in [0.25, 0.3) is 0 Å². The maximum atomic E-state index is 6.00. The molecule has 0 amide bonds. The first kappa shape index (κ1) is 20.0. The van der Waals surface area contributed by atoms with E-state index in [9.17, 15) is 0 Å². The number of hydrogen-bond donors (Lipinski definition) is 0. The maximum absolute atomic E-state index is 6.00. The van der Waals surface area contributed by atoms with Gasteiger partial charge in [-0.15, -0.1) is 0 Å². The molecule has 4 heteroatoms. The number of rotatable bonds is 9. The number of hydrogen-bond acceptors (Lipinski definition) is 4. The standard InChI is InChI=1S/C22H30O4/c1-7-12-22(3,4)15-25-17-8-10-19(16(2)13-17)26-18-9-11-20(23-5)21(14-18)24-6/h8-11,13-14H,7,12,15H2,1-6H3. The molecule has 0 aliphatic carbocycles. The first-order valence-corrected chi connectivity index (χ1v) is 9.02. The molecule has 0 unspecified atom stereocenters. The molecule has 0 saturated carbocycles. The number of methoxy groups -OCH3 is 2. The van der Waals surface area contributed by atoms with Crippen LogP contribution in [0.25, 0.3) is 0 Å². The first-order valence-electron chi connectivity index (χ1n) is 9.02. The van der Waals surface area contributed by atoms with E-state index in [4.69, 9.17) is 18.9 Å². The molecule has 142 valence electrons. The Balaban J connectivity index is 2.08. The number of benzene rings is 2. The first-order chi connectivity index (χ1) is 12.4. The summed E-state index contributed by atoms with van der Waals surface area (Å²) in [4.78, 5) is 0. The lowest BCUT2D eigenvalue weighted by Gasteiger charge is -2.24. The van der Waals surface area contributed by atoms with Crippen molar-refractivity contribution < 1.29 is 18.9 Å². The molecule has 0 N–H and O–H groups in total. The minimum atomic E-state index is 0.178. The Morgan fingerprint density at radius 1 is 0.846 bits per heavy atom. The Hall–Kier alpha value is -2.36. The van der Waals surface area contributed by atoms with Gasteiger partial charge in [0.05, 0.1) is 20.8 Å². The molecule has 2 aromatic rings. The van der Waals surface area contributed by atoms with Crippen LogP contribution in [0.2, 0.25) is 0 Å². The fraction of sp³-hybridized carbons (Fsp3) is 0.455. The second kappa shape index (κ2) is 8.84. The van der Waals surface area contributed by atoms with Gasteiger partial charge in [-0.25, -0.2) is 0 Å². The SMILES string of the molecule is CCCC(C)(C)COc1ccc(Oc2ccc(OC)c(OC)c2)c(C)c1. The Morgan fingerprint density at radius 2 is 1.50 bits per heavy atom. The van der Waals surface area contributed by atoms with Crippen molar-refractivity contribution in [2.75, 3.05) is 20.8 Å². The van der Waals surface area contributed by atoms with Crippen LogP contribution < -0.4 is 18.9 Å². The van der Waals surface area contributed by atoms with E-state index in [1.807, 2.05) is 43.3 Å². The van der Waals surface area contributed by atoms with Crippen LogP contribution in [-0.2, 0) is 0 Å². The van der Waals surface area contributed by atoms with E-state index in [1.165, 1.54) is 0 Å². The fourth-order valence-electron chi connectivity index (χ4n) is 2.86. The predicted octanol–water partition coefficient (Wildman–Crippen LogP) is 6.01. The number of ether oxygens (including phenoxy) is 4. The maximum Gasteiger partial charge on any atom is 0.164 e. The van der Waals surface area contributed by atoms with Gasteiger partial charge in [-0.2, -0.15) is 0 Å². The molecule has 0 aliphatic heterocycles. The van der Waals surface area contributed by atoms with Gasteiger partial charge in [-0.05, 0) is 54.7 Å². The summed E-state index contributed by atoms with van der Waals surface area (Å²) in [7, 11) is 3.22. The highest BCUT2D eigenvalue weighted by molar-refractivity contribution is 5.48. The highest BCUT2D eigenvalue weighted by Gasteiger charge is 2.18. The lowest BCUT2D eigenvalue weighted by molar-refractivity contribution is 0.168. The Labute approximate surface area is 157 Å². The molecule has 26 heavy (non-hydrogen) atoms. The molecule has 0 saturated heterocycles. The molecule has 0 radical (unpaired) electrons. The minimum Gasteiger partial charge on any atom is -0.493 e. The van der Waals surface area contributed by atoms with Crippen molar-refractivity contribution >= 4 is 0 Å². The Kier molecular flexibility index (Phi) is 6.78. The van der Waals surface area contributed by atoms with Gasteiger partial charge < -0.3 is 18.9 Å². The summed E-state index contributed by atoms with van der Waals surface area (Å²) in [6.45, 7) is 9.39. The fourth-order valence-corrected chi connectivity index (χ4v) is 2.86. The smallest absolute Gasteiger partial charge is 0.164 e. The van der Waals surface area contributed by atoms with E-state index in [1.54, 1.807) is 14.2 Å². The summed E-state index contributed by atoms with van der Waals surface area (Å²) in [6, 6.07) is 11.4. The molecule has 0 aromatic heterocycles. The molecular weight excluding hydrogens is 328 g/mol. The van der Waals surface area contributed by atoms with Crippen molar-refractivity contribution in [1.29, 1.82) is 0 Å². The topological polar surface area (TPSA) is 36.9 Å². The van der Waals surface area contributed by atoms with Crippen LogP contribution in [0.5, 0.6) is 28.7 Å². The van der Waals surface area contributed by atoms with E-state index >= 15 is 0 Å². The Bertz CT molecular complexity index is 722. The zero-order valence-electron chi connectivity index (χ0n) is 16.7. The number of aryl methyl sites for hydroxylation is 1. The highest BCUT2D eigenvalue weighted by atomic mass is 16.5. The normalized spacial score (nSPS) is 11.2. The summed E-state index contributed by atoms with van der Waals surface area (Å²) < 4.78 is 22.6. The van der Waals surface area contributed by atoms with Crippen molar-refractivity contribution in [2.45, 2.75) is 40.5 Å². The average molecular weight is 358 g/mol. The van der Waals surface area contributed by atoms with Gasteiger partial charge in [0.15, 0.2) is 11.5 Å². The molecule has 0 heterocycles. The Morgan fingerprint density at radius 3 is 2.12 bits per heavy atom. The summed E-state index contributed by atoms with van der Waals surface area (Å²) in [5, 5.41) is 0. The van der Waals surface area contributed by atoms with Crippen molar-refractivity contribution in [3.05, 3.63) is 42.0 Å². The van der Waals surface area contributed by atoms with Crippen LogP contribution in [0, 0.1) is 12.3 Å². The summed E-state index contributed by atoms with van der Waals surface area (Å²) in [5.74, 6) is 3.67. The summed E-state index contributed by atoms with van der Waals surface area (Å²) in [5.41, 5.74) is 1.20. The van der Waals surface area contributed by atoms with Crippen LogP contribution in [0.15, 0.2) is 36.4 Å². The quantitative estimate of drug-likeness (QED) is 0.550. The van der Waals surface area contributed by atoms with Crippen LogP contribution in [-0.4, -0.2) is 20.8 Å². The summed E-state index contributed by atoms with van der Waals surface area (Å²) >= 11 is 0. The molecule has 2 rings (SSSR count). The molecule has 0 bridgehead atoms.